The van der Waals surface area contributed by atoms with Crippen LogP contribution in [0, 0.1) is 0 Å². The summed E-state index contributed by atoms with van der Waals surface area (Å²) in [5, 5.41) is 36.7. The van der Waals surface area contributed by atoms with E-state index in [0.717, 1.165) is 12.1 Å². The molecule has 0 aliphatic rings. The van der Waals surface area contributed by atoms with E-state index >= 15 is 0 Å². The van der Waals surface area contributed by atoms with Crippen molar-refractivity contribution in [1.29, 1.82) is 0 Å². The summed E-state index contributed by atoms with van der Waals surface area (Å²) in [7, 11) is 0. The summed E-state index contributed by atoms with van der Waals surface area (Å²) < 4.78 is 0. The first-order valence-corrected chi connectivity index (χ1v) is 2.98. The Balaban J connectivity index is 0.00000144. The van der Waals surface area contributed by atoms with Gasteiger partial charge in [0.2, 0.25) is 0 Å². The topological polar surface area (TPSA) is 101 Å². The number of benzene rings is 1. The molecule has 13 heavy (non-hydrogen) atoms. The molecule has 0 aromatic heterocycles. The van der Waals surface area contributed by atoms with Crippen LogP contribution in [0.2, 0.25) is 0 Å². The SMILES string of the molecule is O=C([O-])c1cc(O)c(O)c(O)c1.[Cs+]. The average molecular weight is 302 g/mol. The summed E-state index contributed by atoms with van der Waals surface area (Å²) in [4.78, 5) is 10.2. The molecule has 0 aliphatic heterocycles. The number of carbonyl (C=O) groups is 1. The second kappa shape index (κ2) is 5.13. The Bertz CT molecular complexity index is 313. The molecule has 0 saturated carbocycles. The molecular weight excluding hydrogens is 297 g/mol. The van der Waals surface area contributed by atoms with Crippen LogP contribution < -0.4 is 74.0 Å². The molecule has 0 aliphatic carbocycles. The Morgan fingerprint density at radius 3 is 1.85 bits per heavy atom. The molecule has 0 spiro atoms. The fourth-order valence-corrected chi connectivity index (χ4v) is 0.722. The third-order valence-electron chi connectivity index (χ3n) is 1.31. The van der Waals surface area contributed by atoms with Gasteiger partial charge in [-0.2, -0.15) is 0 Å². The molecule has 0 fully saturated rings. The van der Waals surface area contributed by atoms with Crippen LogP contribution in [0.1, 0.15) is 10.4 Å². The Hall–Kier alpha value is 0.142. The fraction of sp³-hybridized carbons (Fsp3) is 0. The van der Waals surface area contributed by atoms with E-state index in [-0.39, 0.29) is 68.9 Å². The van der Waals surface area contributed by atoms with Gasteiger partial charge >= 0.3 is 68.9 Å². The van der Waals surface area contributed by atoms with Gasteiger partial charge in [-0.25, -0.2) is 0 Å². The molecular formula is C7H5CsO5. The van der Waals surface area contributed by atoms with Gasteiger partial charge in [-0.15, -0.1) is 0 Å². The van der Waals surface area contributed by atoms with Crippen molar-refractivity contribution >= 4 is 5.97 Å². The van der Waals surface area contributed by atoms with Gasteiger partial charge in [0.1, 0.15) is 0 Å². The van der Waals surface area contributed by atoms with Gasteiger partial charge in [-0.1, -0.05) is 0 Å². The van der Waals surface area contributed by atoms with E-state index in [9.17, 15) is 9.90 Å². The minimum Gasteiger partial charge on any atom is -0.545 e. The number of phenolic OH excluding ortho intramolecular Hbond substituents is 3. The number of carbonyl (C=O) groups excluding carboxylic acids is 1. The minimum atomic E-state index is -1.54. The molecule has 0 bridgehead atoms. The van der Waals surface area contributed by atoms with Gasteiger partial charge in [-0.05, 0) is 12.1 Å². The number of rotatable bonds is 1. The largest absolute Gasteiger partial charge is 1.00 e. The number of carboxylic acid groups (broad SMARTS) is 1. The van der Waals surface area contributed by atoms with Crippen LogP contribution in [-0.2, 0) is 0 Å². The van der Waals surface area contributed by atoms with Crippen LogP contribution in [0.15, 0.2) is 12.1 Å². The Morgan fingerprint density at radius 2 is 1.54 bits per heavy atom. The first-order valence-electron chi connectivity index (χ1n) is 2.98. The van der Waals surface area contributed by atoms with E-state index in [1.165, 1.54) is 0 Å². The number of carboxylic acids is 1. The second-order valence-electron chi connectivity index (χ2n) is 2.15. The summed E-state index contributed by atoms with van der Waals surface area (Å²) in [6, 6.07) is 1.56. The predicted molar refractivity (Wildman–Crippen MR) is 35.8 cm³/mol. The number of hydrogen-bond donors (Lipinski definition) is 3. The number of hydrogen-bond acceptors (Lipinski definition) is 5. The maximum Gasteiger partial charge on any atom is 1.00 e. The van der Waals surface area contributed by atoms with Gasteiger partial charge < -0.3 is 25.2 Å². The predicted octanol–water partition coefficient (Wildman–Crippen LogP) is -3.83. The van der Waals surface area contributed by atoms with Gasteiger partial charge in [0.25, 0.3) is 0 Å². The van der Waals surface area contributed by atoms with Gasteiger partial charge in [0.05, 0.1) is 5.97 Å². The van der Waals surface area contributed by atoms with E-state index in [4.69, 9.17) is 15.3 Å². The van der Waals surface area contributed by atoms with Gasteiger partial charge in [0, 0.05) is 5.56 Å². The van der Waals surface area contributed by atoms with E-state index in [1.807, 2.05) is 0 Å². The first kappa shape index (κ1) is 13.1. The summed E-state index contributed by atoms with van der Waals surface area (Å²) in [6.07, 6.45) is 0. The summed E-state index contributed by atoms with van der Waals surface area (Å²) in [5.74, 6) is -3.69. The van der Waals surface area contributed by atoms with Crippen LogP contribution in [0.3, 0.4) is 0 Å². The first-order chi connectivity index (χ1) is 5.52. The smallest absolute Gasteiger partial charge is 0.545 e. The third-order valence-corrected chi connectivity index (χ3v) is 1.31. The van der Waals surface area contributed by atoms with E-state index in [1.54, 1.807) is 0 Å². The third kappa shape index (κ3) is 3.08. The normalized spacial score (nSPS) is 8.92. The van der Waals surface area contributed by atoms with Crippen molar-refractivity contribution in [3.8, 4) is 17.2 Å². The van der Waals surface area contributed by atoms with Crippen molar-refractivity contribution in [2.45, 2.75) is 0 Å². The van der Waals surface area contributed by atoms with Crippen LogP contribution >= 0.6 is 0 Å². The molecule has 1 rings (SSSR count). The second-order valence-corrected chi connectivity index (χ2v) is 2.15. The molecule has 5 nitrogen and oxygen atoms in total. The number of aromatic hydroxyl groups is 3. The zero-order valence-corrected chi connectivity index (χ0v) is 13.1. The van der Waals surface area contributed by atoms with Crippen molar-refractivity contribution in [1.82, 2.24) is 0 Å². The molecule has 64 valence electrons. The maximum absolute atomic E-state index is 10.2. The molecule has 0 heterocycles. The molecule has 0 atom stereocenters. The molecule has 0 unspecified atom stereocenters. The summed E-state index contributed by atoms with van der Waals surface area (Å²) >= 11 is 0. The fourth-order valence-electron chi connectivity index (χ4n) is 0.722. The average Bonchev–Trinajstić information content (AvgIpc) is 1.99. The number of aromatic carboxylic acids is 1. The van der Waals surface area contributed by atoms with Crippen molar-refractivity contribution in [2.75, 3.05) is 0 Å². The Morgan fingerprint density at radius 1 is 1.15 bits per heavy atom. The molecule has 1 aromatic rings. The zero-order valence-electron chi connectivity index (χ0n) is 6.81. The molecule has 6 heteroatoms. The summed E-state index contributed by atoms with van der Waals surface area (Å²) in [5.41, 5.74) is -0.400. The number of phenols is 3. The maximum atomic E-state index is 10.2. The quantitative estimate of drug-likeness (QED) is 0.462. The molecule has 3 N–H and O–H groups in total. The summed E-state index contributed by atoms with van der Waals surface area (Å²) in [6.45, 7) is 0. The van der Waals surface area contributed by atoms with Crippen molar-refractivity contribution in [2.24, 2.45) is 0 Å². The molecule has 0 saturated heterocycles. The van der Waals surface area contributed by atoms with Crippen molar-refractivity contribution < 1.29 is 94.1 Å². The molecule has 1 aromatic carbocycles. The Labute approximate surface area is 132 Å². The van der Waals surface area contributed by atoms with Gasteiger partial charge in [0.15, 0.2) is 17.2 Å². The van der Waals surface area contributed by atoms with Crippen LogP contribution in [-0.4, -0.2) is 21.3 Å². The standard InChI is InChI=1S/C7H6O5.Cs/c8-4-1-3(7(11)12)2-5(9)6(4)10;/h1-2,8-10H,(H,11,12);/q;+1/p-1. The van der Waals surface area contributed by atoms with E-state index in [0.29, 0.717) is 0 Å². The van der Waals surface area contributed by atoms with E-state index < -0.39 is 28.8 Å². The van der Waals surface area contributed by atoms with Crippen LogP contribution in [0.4, 0.5) is 0 Å². The molecule has 0 amide bonds. The monoisotopic (exact) mass is 302 g/mol. The van der Waals surface area contributed by atoms with Gasteiger partial charge in [-0.3, -0.25) is 0 Å². The van der Waals surface area contributed by atoms with E-state index in [2.05, 4.69) is 0 Å². The van der Waals surface area contributed by atoms with Crippen LogP contribution in [0.5, 0.6) is 17.2 Å². The van der Waals surface area contributed by atoms with Crippen molar-refractivity contribution in [3.05, 3.63) is 17.7 Å². The zero-order chi connectivity index (χ0) is 9.30. The molecule has 0 radical (unpaired) electrons. The Kier molecular flexibility index (Phi) is 5.19. The van der Waals surface area contributed by atoms with Crippen molar-refractivity contribution in [3.63, 3.8) is 0 Å². The minimum absolute atomic E-state index is 0. The van der Waals surface area contributed by atoms with Crippen LogP contribution in [0.25, 0.3) is 0 Å².